The minimum absolute atomic E-state index is 0.00896. The van der Waals surface area contributed by atoms with Crippen LogP contribution >= 0.6 is 0 Å². The molecule has 1 aromatic heterocycles. The number of benzene rings is 1. The summed E-state index contributed by atoms with van der Waals surface area (Å²) in [6.07, 6.45) is 3.03. The standard InChI is InChI=1S/C20H25F2N3O4/c1-20(2,3)29-19(26)24-14-7-10-27-11-13(14)12-28-16-6-5-15(17(21)18(16)22)25-9-4-8-23-25/h4-6,8-9,13-14H,7,10-12H2,1-3H3,(H,24,26)/t13-,14+/m1/s1. The molecule has 1 aromatic carbocycles. The Morgan fingerprint density at radius 2 is 2.14 bits per heavy atom. The Hall–Kier alpha value is -2.68. The number of amides is 1. The number of nitrogens with zero attached hydrogens (tertiary/aromatic N) is 2. The lowest BCUT2D eigenvalue weighted by molar-refractivity contribution is 0.00388. The lowest BCUT2D eigenvalue weighted by atomic mass is 9.97. The first-order valence-corrected chi connectivity index (χ1v) is 9.42. The molecule has 7 nitrogen and oxygen atoms in total. The van der Waals surface area contributed by atoms with Crippen LogP contribution in [0.5, 0.6) is 5.75 Å². The van der Waals surface area contributed by atoms with Crippen molar-refractivity contribution >= 4 is 6.09 Å². The van der Waals surface area contributed by atoms with Crippen molar-refractivity contribution < 1.29 is 27.8 Å². The lowest BCUT2D eigenvalue weighted by Gasteiger charge is -2.32. The van der Waals surface area contributed by atoms with Crippen molar-refractivity contribution in [3.63, 3.8) is 0 Å². The molecular formula is C20H25F2N3O4. The monoisotopic (exact) mass is 409 g/mol. The van der Waals surface area contributed by atoms with E-state index in [-0.39, 0.29) is 30.0 Å². The van der Waals surface area contributed by atoms with Gasteiger partial charge in [-0.3, -0.25) is 0 Å². The maximum atomic E-state index is 14.4. The van der Waals surface area contributed by atoms with Gasteiger partial charge in [0.1, 0.15) is 11.3 Å². The molecular weight excluding hydrogens is 384 g/mol. The van der Waals surface area contributed by atoms with Crippen molar-refractivity contribution in [3.8, 4) is 11.4 Å². The number of halogens is 2. The smallest absolute Gasteiger partial charge is 0.407 e. The van der Waals surface area contributed by atoms with Gasteiger partial charge in [0.25, 0.3) is 0 Å². The van der Waals surface area contributed by atoms with Gasteiger partial charge >= 0.3 is 6.09 Å². The topological polar surface area (TPSA) is 74.6 Å². The van der Waals surface area contributed by atoms with Crippen LogP contribution in [-0.4, -0.2) is 47.3 Å². The Morgan fingerprint density at radius 1 is 1.34 bits per heavy atom. The molecule has 158 valence electrons. The second-order valence-corrected chi connectivity index (χ2v) is 7.85. The first-order valence-electron chi connectivity index (χ1n) is 9.42. The van der Waals surface area contributed by atoms with Crippen LogP contribution < -0.4 is 10.1 Å². The van der Waals surface area contributed by atoms with Crippen LogP contribution in [0.25, 0.3) is 5.69 Å². The fourth-order valence-corrected chi connectivity index (χ4v) is 3.03. The summed E-state index contributed by atoms with van der Waals surface area (Å²) in [6.45, 7) is 6.20. The van der Waals surface area contributed by atoms with Gasteiger partial charge in [-0.2, -0.15) is 9.49 Å². The number of alkyl carbamates (subject to hydrolysis) is 1. The van der Waals surface area contributed by atoms with Crippen LogP contribution in [0.2, 0.25) is 0 Å². The maximum absolute atomic E-state index is 14.4. The quantitative estimate of drug-likeness (QED) is 0.819. The molecule has 2 heterocycles. The number of ether oxygens (including phenoxy) is 3. The van der Waals surface area contributed by atoms with Gasteiger partial charge in [0, 0.05) is 31.0 Å². The minimum atomic E-state index is -1.09. The highest BCUT2D eigenvalue weighted by Crippen LogP contribution is 2.26. The zero-order valence-corrected chi connectivity index (χ0v) is 16.7. The highest BCUT2D eigenvalue weighted by atomic mass is 19.2. The molecule has 0 unspecified atom stereocenters. The van der Waals surface area contributed by atoms with E-state index >= 15 is 0 Å². The molecule has 1 saturated heterocycles. The fraction of sp³-hybridized carbons (Fsp3) is 0.500. The third kappa shape index (κ3) is 5.44. The molecule has 0 aliphatic carbocycles. The van der Waals surface area contributed by atoms with Crippen LogP contribution in [0, 0.1) is 17.6 Å². The van der Waals surface area contributed by atoms with Crippen LogP contribution in [0.4, 0.5) is 13.6 Å². The predicted molar refractivity (Wildman–Crippen MR) is 101 cm³/mol. The van der Waals surface area contributed by atoms with E-state index in [0.29, 0.717) is 19.6 Å². The fourth-order valence-electron chi connectivity index (χ4n) is 3.03. The van der Waals surface area contributed by atoms with Crippen LogP contribution in [0.3, 0.4) is 0 Å². The van der Waals surface area contributed by atoms with Gasteiger partial charge in [0.2, 0.25) is 5.82 Å². The van der Waals surface area contributed by atoms with Gasteiger partial charge in [-0.1, -0.05) is 0 Å². The van der Waals surface area contributed by atoms with Gasteiger partial charge in [-0.05, 0) is 45.4 Å². The van der Waals surface area contributed by atoms with Crippen LogP contribution in [0.1, 0.15) is 27.2 Å². The average Bonchev–Trinajstić information content (AvgIpc) is 3.17. The zero-order valence-electron chi connectivity index (χ0n) is 16.7. The molecule has 1 amide bonds. The zero-order chi connectivity index (χ0) is 21.0. The van der Waals surface area contributed by atoms with Crippen molar-refractivity contribution in [2.75, 3.05) is 19.8 Å². The molecule has 2 aromatic rings. The summed E-state index contributed by atoms with van der Waals surface area (Å²) in [5.41, 5.74) is -0.622. The average molecular weight is 409 g/mol. The van der Waals surface area contributed by atoms with E-state index in [1.54, 1.807) is 26.8 Å². The summed E-state index contributed by atoms with van der Waals surface area (Å²) in [5.74, 6) is -2.58. The molecule has 3 rings (SSSR count). The summed E-state index contributed by atoms with van der Waals surface area (Å²) in [4.78, 5) is 12.1. The molecule has 0 saturated carbocycles. The molecule has 2 atom stereocenters. The van der Waals surface area contributed by atoms with Crippen molar-refractivity contribution in [1.82, 2.24) is 15.1 Å². The molecule has 1 aliphatic rings. The number of nitrogens with one attached hydrogen (secondary N) is 1. The molecule has 1 fully saturated rings. The van der Waals surface area contributed by atoms with Crippen LogP contribution in [-0.2, 0) is 9.47 Å². The van der Waals surface area contributed by atoms with E-state index in [2.05, 4.69) is 10.4 Å². The molecule has 1 aliphatic heterocycles. The second-order valence-electron chi connectivity index (χ2n) is 7.85. The van der Waals surface area contributed by atoms with Gasteiger partial charge in [0.15, 0.2) is 11.6 Å². The van der Waals surface area contributed by atoms with Gasteiger partial charge in [0.05, 0.1) is 13.2 Å². The number of rotatable bonds is 5. The van der Waals surface area contributed by atoms with E-state index in [0.717, 1.165) is 0 Å². The number of hydrogen-bond donors (Lipinski definition) is 1. The Bertz CT molecular complexity index is 837. The van der Waals surface area contributed by atoms with Gasteiger partial charge < -0.3 is 19.5 Å². The highest BCUT2D eigenvalue weighted by molar-refractivity contribution is 5.68. The third-order valence-electron chi connectivity index (χ3n) is 4.41. The Labute approximate surface area is 167 Å². The van der Waals surface area contributed by atoms with E-state index in [9.17, 15) is 13.6 Å². The van der Waals surface area contributed by atoms with Gasteiger partial charge in [-0.15, -0.1) is 0 Å². The minimum Gasteiger partial charge on any atom is -0.490 e. The maximum Gasteiger partial charge on any atom is 0.407 e. The summed E-state index contributed by atoms with van der Waals surface area (Å²) in [7, 11) is 0. The van der Waals surface area contributed by atoms with Crippen molar-refractivity contribution in [2.45, 2.75) is 38.8 Å². The third-order valence-corrected chi connectivity index (χ3v) is 4.41. The summed E-state index contributed by atoms with van der Waals surface area (Å²) >= 11 is 0. The molecule has 0 bridgehead atoms. The van der Waals surface area contributed by atoms with Crippen molar-refractivity contribution in [3.05, 3.63) is 42.2 Å². The number of aromatic nitrogens is 2. The summed E-state index contributed by atoms with van der Waals surface area (Å²) in [6, 6.07) is 4.11. The Morgan fingerprint density at radius 3 is 2.83 bits per heavy atom. The van der Waals surface area contributed by atoms with E-state index in [1.165, 1.54) is 29.2 Å². The first-order chi connectivity index (χ1) is 13.7. The Balaban J connectivity index is 1.64. The predicted octanol–water partition coefficient (Wildman–Crippen LogP) is 3.46. The summed E-state index contributed by atoms with van der Waals surface area (Å²) in [5, 5.41) is 6.72. The SMILES string of the molecule is CC(C)(C)OC(=O)N[C@H]1CCOC[C@@H]1COc1ccc(-n2cccn2)c(F)c1F. The van der Waals surface area contributed by atoms with E-state index < -0.39 is 23.3 Å². The Kier molecular flexibility index (Phi) is 6.36. The number of carbonyl (C=O) groups excluding carboxylic acids is 1. The summed E-state index contributed by atoms with van der Waals surface area (Å²) < 4.78 is 46.3. The molecule has 9 heteroatoms. The normalized spacial score (nSPS) is 19.6. The van der Waals surface area contributed by atoms with Crippen molar-refractivity contribution in [1.29, 1.82) is 0 Å². The largest absolute Gasteiger partial charge is 0.490 e. The lowest BCUT2D eigenvalue weighted by Crippen LogP contribution is -2.49. The first kappa shape index (κ1) is 21.0. The van der Waals surface area contributed by atoms with E-state index in [1.807, 2.05) is 0 Å². The highest BCUT2D eigenvalue weighted by Gasteiger charge is 2.30. The van der Waals surface area contributed by atoms with Crippen LogP contribution in [0.15, 0.2) is 30.6 Å². The second kappa shape index (κ2) is 8.77. The molecule has 0 spiro atoms. The van der Waals surface area contributed by atoms with E-state index in [4.69, 9.17) is 14.2 Å². The molecule has 0 radical (unpaired) electrons. The molecule has 1 N–H and O–H groups in total. The number of hydrogen-bond acceptors (Lipinski definition) is 5. The van der Waals surface area contributed by atoms with Crippen molar-refractivity contribution in [2.24, 2.45) is 5.92 Å². The number of carbonyl (C=O) groups is 1. The van der Waals surface area contributed by atoms with Gasteiger partial charge in [-0.25, -0.2) is 13.9 Å². The molecule has 29 heavy (non-hydrogen) atoms.